The molecule has 0 aliphatic rings. The van der Waals surface area contributed by atoms with E-state index in [4.69, 9.17) is 0 Å². The van der Waals surface area contributed by atoms with Crippen LogP contribution in [-0.4, -0.2) is 38.0 Å². The summed E-state index contributed by atoms with van der Waals surface area (Å²) in [5.74, 6) is 0.898. The van der Waals surface area contributed by atoms with Gasteiger partial charge in [0.1, 0.15) is 11.9 Å². The van der Waals surface area contributed by atoms with Crippen molar-refractivity contribution in [1.82, 2.24) is 9.80 Å². The molecule has 0 spiro atoms. The Morgan fingerprint density at radius 1 is 1.06 bits per heavy atom. The van der Waals surface area contributed by atoms with Gasteiger partial charge in [-0.25, -0.2) is 0 Å². The highest BCUT2D eigenvalue weighted by molar-refractivity contribution is 9.10. The second-order valence-electron chi connectivity index (χ2n) is 4.11. The molecule has 0 unspecified atom stereocenters. The zero-order valence-corrected chi connectivity index (χ0v) is 12.1. The van der Waals surface area contributed by atoms with Gasteiger partial charge in [-0.3, -0.25) is 0 Å². The van der Waals surface area contributed by atoms with Crippen molar-refractivity contribution in [2.45, 2.75) is 0 Å². The second kappa shape index (κ2) is 5.74. The monoisotopic (exact) mass is 293 g/mol. The molecule has 1 rings (SSSR count). The normalized spacial score (nSPS) is 9.41. The molecular formula is C13H16BrN3. The van der Waals surface area contributed by atoms with E-state index in [-0.39, 0.29) is 0 Å². The number of nitrogens with zero attached hydrogens (tertiary/aromatic N) is 3. The largest absolute Gasteiger partial charge is 0.363 e. The summed E-state index contributed by atoms with van der Waals surface area (Å²) in [6.45, 7) is 0. The van der Waals surface area contributed by atoms with Crippen molar-refractivity contribution in [2.24, 2.45) is 0 Å². The topological polar surface area (TPSA) is 30.3 Å². The molecule has 0 atom stereocenters. The first kappa shape index (κ1) is 13.6. The first-order valence-electron chi connectivity index (χ1n) is 5.22. The fourth-order valence-electron chi connectivity index (χ4n) is 1.71. The van der Waals surface area contributed by atoms with E-state index in [2.05, 4.69) is 22.0 Å². The van der Waals surface area contributed by atoms with Crippen molar-refractivity contribution in [2.75, 3.05) is 28.2 Å². The molecule has 1 aromatic carbocycles. The standard InChI is InChI=1S/C13H16BrN3/c1-16(2)13(17(3)4)12(9-15)10-5-7-11(14)8-6-10/h5-8H,1-4H3. The van der Waals surface area contributed by atoms with Crippen LogP contribution in [0.4, 0.5) is 0 Å². The van der Waals surface area contributed by atoms with Gasteiger partial charge in [0.25, 0.3) is 0 Å². The van der Waals surface area contributed by atoms with E-state index >= 15 is 0 Å². The quantitative estimate of drug-likeness (QED) is 0.803. The molecule has 0 heterocycles. The van der Waals surface area contributed by atoms with Crippen LogP contribution in [0.1, 0.15) is 5.56 Å². The van der Waals surface area contributed by atoms with E-state index in [0.717, 1.165) is 15.9 Å². The number of allylic oxidation sites excluding steroid dienone is 1. The molecule has 0 N–H and O–H groups in total. The minimum atomic E-state index is 0.674. The van der Waals surface area contributed by atoms with Gasteiger partial charge in [0.2, 0.25) is 0 Å². The highest BCUT2D eigenvalue weighted by atomic mass is 79.9. The minimum absolute atomic E-state index is 0.674. The maximum atomic E-state index is 9.34. The molecule has 4 heteroatoms. The van der Waals surface area contributed by atoms with Gasteiger partial charge in [0.05, 0.1) is 5.57 Å². The third-order valence-corrected chi connectivity index (χ3v) is 2.84. The Kier molecular flexibility index (Phi) is 4.59. The van der Waals surface area contributed by atoms with Crippen LogP contribution in [0, 0.1) is 11.3 Å². The molecule has 0 saturated carbocycles. The summed E-state index contributed by atoms with van der Waals surface area (Å²) >= 11 is 3.39. The van der Waals surface area contributed by atoms with Crippen molar-refractivity contribution in [3.8, 4) is 6.07 Å². The Bertz CT molecular complexity index is 443. The summed E-state index contributed by atoms with van der Waals surface area (Å²) in [5.41, 5.74) is 1.60. The fraction of sp³-hybridized carbons (Fsp3) is 0.308. The van der Waals surface area contributed by atoms with E-state index in [1.165, 1.54) is 0 Å². The summed E-state index contributed by atoms with van der Waals surface area (Å²) < 4.78 is 1.01. The lowest BCUT2D eigenvalue weighted by molar-refractivity contribution is 0.346. The summed E-state index contributed by atoms with van der Waals surface area (Å²) in [4.78, 5) is 3.89. The SMILES string of the molecule is CN(C)C(=C(C#N)c1ccc(Br)cc1)N(C)C. The molecule has 0 fully saturated rings. The Labute approximate surface area is 111 Å². The van der Waals surface area contributed by atoms with Gasteiger partial charge < -0.3 is 9.80 Å². The van der Waals surface area contributed by atoms with E-state index in [1.807, 2.05) is 62.3 Å². The Morgan fingerprint density at radius 3 is 1.88 bits per heavy atom. The van der Waals surface area contributed by atoms with Gasteiger partial charge in [-0.1, -0.05) is 28.1 Å². The molecule has 0 bridgehead atoms. The van der Waals surface area contributed by atoms with Crippen LogP contribution in [0.3, 0.4) is 0 Å². The van der Waals surface area contributed by atoms with Gasteiger partial charge in [-0.05, 0) is 17.7 Å². The highest BCUT2D eigenvalue weighted by Crippen LogP contribution is 2.22. The summed E-state index contributed by atoms with van der Waals surface area (Å²) in [5, 5.41) is 9.34. The Morgan fingerprint density at radius 2 is 1.53 bits per heavy atom. The smallest absolute Gasteiger partial charge is 0.122 e. The maximum Gasteiger partial charge on any atom is 0.122 e. The molecule has 0 saturated heterocycles. The molecule has 0 aliphatic carbocycles. The van der Waals surface area contributed by atoms with E-state index in [9.17, 15) is 5.26 Å². The van der Waals surface area contributed by atoms with Gasteiger partial charge >= 0.3 is 0 Å². The van der Waals surface area contributed by atoms with Gasteiger partial charge in [0.15, 0.2) is 0 Å². The zero-order chi connectivity index (χ0) is 13.0. The molecular weight excluding hydrogens is 278 g/mol. The van der Waals surface area contributed by atoms with Crippen LogP contribution in [0.5, 0.6) is 0 Å². The lowest BCUT2D eigenvalue weighted by Crippen LogP contribution is -2.26. The van der Waals surface area contributed by atoms with Gasteiger partial charge in [0, 0.05) is 32.7 Å². The van der Waals surface area contributed by atoms with Crippen molar-refractivity contribution < 1.29 is 0 Å². The Hall–Kier alpha value is -1.47. The molecule has 0 aromatic heterocycles. The van der Waals surface area contributed by atoms with Crippen LogP contribution in [-0.2, 0) is 0 Å². The first-order chi connectivity index (χ1) is 7.97. The zero-order valence-electron chi connectivity index (χ0n) is 10.5. The summed E-state index contributed by atoms with van der Waals surface area (Å²) in [7, 11) is 7.74. The van der Waals surface area contributed by atoms with Crippen LogP contribution in [0.15, 0.2) is 34.6 Å². The molecule has 1 aromatic rings. The molecule has 0 aliphatic heterocycles. The van der Waals surface area contributed by atoms with E-state index in [1.54, 1.807) is 0 Å². The van der Waals surface area contributed by atoms with Crippen LogP contribution < -0.4 is 0 Å². The van der Waals surface area contributed by atoms with Crippen LogP contribution >= 0.6 is 15.9 Å². The van der Waals surface area contributed by atoms with Gasteiger partial charge in [-0.15, -0.1) is 0 Å². The molecule has 0 radical (unpaired) electrons. The molecule has 17 heavy (non-hydrogen) atoms. The van der Waals surface area contributed by atoms with Crippen molar-refractivity contribution >= 4 is 21.5 Å². The minimum Gasteiger partial charge on any atom is -0.363 e. The van der Waals surface area contributed by atoms with Crippen molar-refractivity contribution in [1.29, 1.82) is 5.26 Å². The predicted octanol–water partition coefficient (Wildman–Crippen LogP) is 2.76. The number of hydrogen-bond donors (Lipinski definition) is 0. The lowest BCUT2D eigenvalue weighted by atomic mass is 10.1. The molecule has 0 amide bonds. The van der Waals surface area contributed by atoms with Crippen molar-refractivity contribution in [3.63, 3.8) is 0 Å². The molecule has 3 nitrogen and oxygen atoms in total. The number of rotatable bonds is 3. The molecule has 90 valence electrons. The van der Waals surface area contributed by atoms with Crippen LogP contribution in [0.2, 0.25) is 0 Å². The Balaban J connectivity index is 3.35. The average Bonchev–Trinajstić information content (AvgIpc) is 2.26. The number of hydrogen-bond acceptors (Lipinski definition) is 3. The summed E-state index contributed by atoms with van der Waals surface area (Å²) in [6, 6.07) is 10.0. The predicted molar refractivity (Wildman–Crippen MR) is 74.0 cm³/mol. The third-order valence-electron chi connectivity index (χ3n) is 2.32. The first-order valence-corrected chi connectivity index (χ1v) is 6.01. The number of halogens is 1. The number of nitriles is 1. The fourth-order valence-corrected chi connectivity index (χ4v) is 1.97. The lowest BCUT2D eigenvalue weighted by Gasteiger charge is -2.26. The third kappa shape index (κ3) is 3.24. The van der Waals surface area contributed by atoms with Crippen molar-refractivity contribution in [3.05, 3.63) is 40.1 Å². The highest BCUT2D eigenvalue weighted by Gasteiger charge is 2.13. The second-order valence-corrected chi connectivity index (χ2v) is 5.02. The van der Waals surface area contributed by atoms with Crippen LogP contribution in [0.25, 0.3) is 5.57 Å². The number of benzene rings is 1. The summed E-state index contributed by atoms with van der Waals surface area (Å²) in [6.07, 6.45) is 0. The van der Waals surface area contributed by atoms with E-state index < -0.39 is 0 Å². The average molecular weight is 294 g/mol. The maximum absolute atomic E-state index is 9.34. The van der Waals surface area contributed by atoms with E-state index in [0.29, 0.717) is 5.57 Å². The van der Waals surface area contributed by atoms with Gasteiger partial charge in [-0.2, -0.15) is 5.26 Å².